The number of nitrogens with zero attached hydrogens (tertiary/aromatic N) is 2. The first-order valence-electron chi connectivity index (χ1n) is 33.6. The fourth-order valence-corrected chi connectivity index (χ4v) is 12.4. The third-order valence-corrected chi connectivity index (χ3v) is 17.5. The number of carbonyl (C=O) groups is 2. The van der Waals surface area contributed by atoms with Crippen molar-refractivity contribution in [2.24, 2.45) is 0 Å². The van der Waals surface area contributed by atoms with Crippen LogP contribution in [0.3, 0.4) is 0 Å². The largest absolute Gasteiger partial charge is 0.545 e. The second-order valence-corrected chi connectivity index (χ2v) is 24.5. The lowest BCUT2D eigenvalue weighted by atomic mass is 10.1. The van der Waals surface area contributed by atoms with Crippen LogP contribution in [0.25, 0.3) is 0 Å². The number of aromatic carboxylic acids is 2. The maximum Gasteiger partial charge on any atom is 0.0786 e. The van der Waals surface area contributed by atoms with E-state index in [0.29, 0.717) is 9.79 Å². The van der Waals surface area contributed by atoms with E-state index in [-0.39, 0.29) is 11.1 Å². The first-order valence-corrected chi connectivity index (χ1v) is 34.4. The van der Waals surface area contributed by atoms with E-state index < -0.39 is 11.9 Å². The van der Waals surface area contributed by atoms with Crippen molar-refractivity contribution in [3.63, 3.8) is 0 Å². The standard InChI is InChI=1S/2C28H60N.C14H10O4S/c2*1-5-9-13-17-21-25-29(26-22-18-14-10-6-2,27-23-19-15-11-7-3)28-24-20-16-12-8-4;15-13(16)9-5-1-3-7-11(9)19-12-8-4-2-6-10(12)14(17)18/h2*5-28H2,1-4H3;1-8H,(H,15,16)(H,17,18)/q2*+1;/p-2. The van der Waals surface area contributed by atoms with Crippen molar-refractivity contribution in [3.8, 4) is 0 Å². The molecule has 0 saturated carbocycles. The lowest BCUT2D eigenvalue weighted by Crippen LogP contribution is -2.50. The Morgan fingerprint density at radius 3 is 0.623 bits per heavy atom. The fraction of sp³-hybridized carbons (Fsp3) is 0.800. The second kappa shape index (κ2) is 54.2. The molecule has 2 rings (SSSR count). The summed E-state index contributed by atoms with van der Waals surface area (Å²) in [5, 5.41) is 22.0. The molecule has 0 aliphatic heterocycles. The number of hydrogen-bond donors (Lipinski definition) is 0. The maximum absolute atomic E-state index is 11.0. The molecule has 0 atom stereocenters. The molecular weight excluding hydrogens is 965 g/mol. The van der Waals surface area contributed by atoms with Crippen molar-refractivity contribution in [1.29, 1.82) is 0 Å². The summed E-state index contributed by atoms with van der Waals surface area (Å²) in [6, 6.07) is 12.6. The van der Waals surface area contributed by atoms with Gasteiger partial charge in [0.05, 0.1) is 64.3 Å². The van der Waals surface area contributed by atoms with E-state index in [0.717, 1.165) is 11.8 Å². The summed E-state index contributed by atoms with van der Waals surface area (Å²) in [7, 11) is 0. The summed E-state index contributed by atoms with van der Waals surface area (Å²) in [4.78, 5) is 22.8. The van der Waals surface area contributed by atoms with Crippen molar-refractivity contribution in [2.75, 3.05) is 52.4 Å². The van der Waals surface area contributed by atoms with Crippen LogP contribution in [0.1, 0.15) is 333 Å². The van der Waals surface area contributed by atoms with Gasteiger partial charge in [0, 0.05) is 20.9 Å². The zero-order chi connectivity index (χ0) is 56.8. The molecule has 0 spiro atoms. The first-order chi connectivity index (χ1) is 37.6. The van der Waals surface area contributed by atoms with Crippen molar-refractivity contribution in [3.05, 3.63) is 59.7 Å². The van der Waals surface area contributed by atoms with Crippen LogP contribution in [-0.2, 0) is 0 Å². The average molecular weight is 1090 g/mol. The minimum atomic E-state index is -1.30. The number of carboxylic acid groups (broad SMARTS) is 2. The van der Waals surface area contributed by atoms with Gasteiger partial charge in [-0.3, -0.25) is 0 Å². The van der Waals surface area contributed by atoms with E-state index in [2.05, 4.69) is 55.4 Å². The first kappa shape index (κ1) is 74.7. The van der Waals surface area contributed by atoms with Crippen molar-refractivity contribution < 1.29 is 28.8 Å². The van der Waals surface area contributed by atoms with Crippen LogP contribution in [-0.4, -0.2) is 73.3 Å². The Kier molecular flexibility index (Phi) is 52.6. The van der Waals surface area contributed by atoms with Gasteiger partial charge in [0.15, 0.2) is 0 Å². The van der Waals surface area contributed by atoms with E-state index >= 15 is 0 Å². The lowest BCUT2D eigenvalue weighted by Gasteiger charge is -2.40. The van der Waals surface area contributed by atoms with Crippen LogP contribution < -0.4 is 10.2 Å². The summed E-state index contributed by atoms with van der Waals surface area (Å²) in [6.07, 6.45) is 57.6. The molecule has 0 amide bonds. The summed E-state index contributed by atoms with van der Waals surface area (Å²) in [5.74, 6) is -2.59. The van der Waals surface area contributed by atoms with Gasteiger partial charge < -0.3 is 28.8 Å². The van der Waals surface area contributed by atoms with Gasteiger partial charge in [0.2, 0.25) is 0 Å². The van der Waals surface area contributed by atoms with Gasteiger partial charge in [-0.1, -0.05) is 258 Å². The van der Waals surface area contributed by atoms with Crippen LogP contribution >= 0.6 is 11.8 Å². The average Bonchev–Trinajstić information content (AvgIpc) is 3.43. The molecule has 0 fully saturated rings. The van der Waals surface area contributed by atoms with Gasteiger partial charge in [-0.15, -0.1) is 0 Å². The Hall–Kier alpha value is -2.35. The third kappa shape index (κ3) is 41.3. The van der Waals surface area contributed by atoms with Crippen molar-refractivity contribution >= 4 is 23.7 Å². The minimum absolute atomic E-state index is 0.0284. The van der Waals surface area contributed by atoms with Crippen LogP contribution in [0.2, 0.25) is 0 Å². The van der Waals surface area contributed by atoms with E-state index in [1.165, 1.54) is 330 Å². The molecule has 0 aliphatic carbocycles. The third-order valence-electron chi connectivity index (χ3n) is 16.3. The normalized spacial score (nSPS) is 11.5. The number of quaternary nitrogens is 2. The van der Waals surface area contributed by atoms with E-state index in [1.807, 2.05) is 0 Å². The Morgan fingerprint density at radius 2 is 0.455 bits per heavy atom. The smallest absolute Gasteiger partial charge is 0.0786 e. The number of carbonyl (C=O) groups excluding carboxylic acids is 2. The fourth-order valence-electron chi connectivity index (χ4n) is 11.3. The lowest BCUT2D eigenvalue weighted by molar-refractivity contribution is -0.929. The molecule has 0 unspecified atom stereocenters. The predicted molar refractivity (Wildman–Crippen MR) is 335 cm³/mol. The molecule has 0 bridgehead atoms. The number of unbranched alkanes of at least 4 members (excludes halogenated alkanes) is 32. The molecule has 0 saturated heterocycles. The molecule has 2 aromatic rings. The molecule has 77 heavy (non-hydrogen) atoms. The summed E-state index contributed by atoms with van der Waals surface area (Å²) >= 11 is 1.06. The van der Waals surface area contributed by atoms with Gasteiger partial charge in [0.1, 0.15) is 0 Å². The quantitative estimate of drug-likeness (QED) is 0.0487. The van der Waals surface area contributed by atoms with Gasteiger partial charge in [0.25, 0.3) is 0 Å². The number of carboxylic acids is 2. The minimum Gasteiger partial charge on any atom is -0.545 e. The molecule has 448 valence electrons. The second-order valence-electron chi connectivity index (χ2n) is 23.5. The Morgan fingerprint density at radius 1 is 0.286 bits per heavy atom. The molecule has 0 N–H and O–H groups in total. The van der Waals surface area contributed by atoms with Gasteiger partial charge in [-0.25, -0.2) is 0 Å². The summed E-state index contributed by atoms with van der Waals surface area (Å²) < 4.78 is 2.94. The van der Waals surface area contributed by atoms with Crippen molar-refractivity contribution in [1.82, 2.24) is 0 Å². The highest BCUT2D eigenvalue weighted by Gasteiger charge is 2.27. The molecule has 0 radical (unpaired) electrons. The zero-order valence-electron chi connectivity index (χ0n) is 52.5. The highest BCUT2D eigenvalue weighted by Crippen LogP contribution is 2.32. The topological polar surface area (TPSA) is 80.3 Å². The SMILES string of the molecule is CCCCCCC[N+](CCCCCCC)(CCCCCCC)CCCCCCC.CCCCCCC[N+](CCCCCCC)(CCCCCCC)CCCCCCC.O=C([O-])c1ccccc1Sc1ccccc1C(=O)[O-]. The van der Waals surface area contributed by atoms with Crippen LogP contribution in [0, 0.1) is 0 Å². The Bertz CT molecular complexity index is 1360. The van der Waals surface area contributed by atoms with Gasteiger partial charge in [-0.2, -0.15) is 0 Å². The van der Waals surface area contributed by atoms with E-state index in [4.69, 9.17) is 0 Å². The predicted octanol–water partition coefficient (Wildman–Crippen LogP) is 19.9. The molecule has 2 aromatic carbocycles. The highest BCUT2D eigenvalue weighted by molar-refractivity contribution is 7.99. The molecule has 7 heteroatoms. The molecule has 0 aliphatic rings. The molecule has 0 aromatic heterocycles. The number of rotatable bonds is 52. The van der Waals surface area contributed by atoms with Crippen molar-refractivity contribution in [2.45, 2.75) is 322 Å². The monoisotopic (exact) mass is 1090 g/mol. The van der Waals surface area contributed by atoms with E-state index in [1.54, 1.807) is 36.4 Å². The molecule has 6 nitrogen and oxygen atoms in total. The van der Waals surface area contributed by atoms with Crippen LogP contribution in [0.4, 0.5) is 0 Å². The van der Waals surface area contributed by atoms with Crippen LogP contribution in [0.5, 0.6) is 0 Å². The summed E-state index contributed by atoms with van der Waals surface area (Å²) in [5.41, 5.74) is 0.0568. The Balaban J connectivity index is 0.00000115. The van der Waals surface area contributed by atoms with Gasteiger partial charge in [-0.05, 0) is 115 Å². The zero-order valence-corrected chi connectivity index (χ0v) is 53.3. The van der Waals surface area contributed by atoms with Gasteiger partial charge >= 0.3 is 0 Å². The number of benzene rings is 2. The highest BCUT2D eigenvalue weighted by atomic mass is 32.2. The number of hydrogen-bond acceptors (Lipinski definition) is 5. The van der Waals surface area contributed by atoms with E-state index in [9.17, 15) is 19.8 Å². The Labute approximate surface area is 484 Å². The summed E-state index contributed by atoms with van der Waals surface area (Å²) in [6.45, 7) is 30.5. The molecular formula is C70H128N2O4S. The molecule has 0 heterocycles. The van der Waals surface area contributed by atoms with Crippen LogP contribution in [0.15, 0.2) is 58.3 Å². The maximum atomic E-state index is 11.0.